The molecule has 4 nitrogen and oxygen atoms in total. The fourth-order valence-electron chi connectivity index (χ4n) is 3.57. The molecule has 0 amide bonds. The van der Waals surface area contributed by atoms with Gasteiger partial charge in [0.05, 0.1) is 5.71 Å². The van der Waals surface area contributed by atoms with E-state index in [0.717, 1.165) is 28.3 Å². The molecule has 1 atom stereocenters. The Kier molecular flexibility index (Phi) is 5.32. The van der Waals surface area contributed by atoms with Gasteiger partial charge >= 0.3 is 0 Å². The van der Waals surface area contributed by atoms with Crippen molar-refractivity contribution in [3.8, 4) is 0 Å². The number of rotatable bonds is 2. The fourth-order valence-corrected chi connectivity index (χ4v) is 4.79. The molecule has 0 fully saturated rings. The highest BCUT2D eigenvalue weighted by molar-refractivity contribution is 7.17. The van der Waals surface area contributed by atoms with Crippen molar-refractivity contribution in [3.05, 3.63) is 51.4 Å². The molecule has 2 N–H and O–H groups in total. The second-order valence-electron chi connectivity index (χ2n) is 8.89. The maximum atomic E-state index is 8.94. The number of benzene rings is 1. The maximum absolute atomic E-state index is 8.94. The molecule has 0 radical (unpaired) electrons. The number of fused-ring (bicyclic) bond motifs is 1. The van der Waals surface area contributed by atoms with Crippen LogP contribution in [-0.2, 0) is 0 Å². The van der Waals surface area contributed by atoms with Crippen LogP contribution in [0.5, 0.6) is 0 Å². The van der Waals surface area contributed by atoms with Crippen LogP contribution in [0.3, 0.4) is 0 Å². The van der Waals surface area contributed by atoms with E-state index in [1.165, 1.54) is 16.0 Å². The number of hydrogen-bond donors (Lipinski definition) is 2. The van der Waals surface area contributed by atoms with Gasteiger partial charge in [0.15, 0.2) is 0 Å². The highest BCUT2D eigenvalue weighted by Gasteiger charge is 2.35. The first-order valence-electron chi connectivity index (χ1n) is 9.68. The predicted octanol–water partition coefficient (Wildman–Crippen LogP) is 6.11. The van der Waals surface area contributed by atoms with Crippen LogP contribution in [0.1, 0.15) is 61.2 Å². The summed E-state index contributed by atoms with van der Waals surface area (Å²) in [4.78, 5) is 8.15. The number of anilines is 1. The van der Waals surface area contributed by atoms with Crippen LogP contribution in [0.25, 0.3) is 0 Å². The van der Waals surface area contributed by atoms with Crippen LogP contribution < -0.4 is 4.90 Å². The number of aryl methyl sites for hydroxylation is 2. The van der Waals surface area contributed by atoms with Gasteiger partial charge in [0.2, 0.25) is 0 Å². The summed E-state index contributed by atoms with van der Waals surface area (Å²) in [6.07, 6.45) is 0.762. The van der Waals surface area contributed by atoms with Gasteiger partial charge in [0.1, 0.15) is 22.7 Å². The molecule has 28 heavy (non-hydrogen) atoms. The molecule has 0 aliphatic carbocycles. The highest BCUT2D eigenvalue weighted by atomic mass is 32.1. The lowest BCUT2D eigenvalue weighted by Gasteiger charge is -2.28. The van der Waals surface area contributed by atoms with Crippen molar-refractivity contribution >= 4 is 33.7 Å². The minimum Gasteiger partial charge on any atom is -0.288 e. The number of thiophene rings is 1. The molecule has 2 heterocycles. The second-order valence-corrected chi connectivity index (χ2v) is 10.1. The van der Waals surface area contributed by atoms with Crippen LogP contribution in [0.4, 0.5) is 5.00 Å². The zero-order valence-electron chi connectivity index (χ0n) is 17.9. The highest BCUT2D eigenvalue weighted by Crippen LogP contribution is 2.41. The van der Waals surface area contributed by atoms with E-state index >= 15 is 0 Å². The zero-order valence-corrected chi connectivity index (χ0v) is 18.7. The summed E-state index contributed by atoms with van der Waals surface area (Å²) < 4.78 is 0. The molecular formula is C23H30N4S. The average molecular weight is 395 g/mol. The van der Waals surface area contributed by atoms with Gasteiger partial charge in [-0.15, -0.1) is 11.3 Å². The summed E-state index contributed by atoms with van der Waals surface area (Å²) in [5.41, 5.74) is 5.52. The van der Waals surface area contributed by atoms with E-state index in [9.17, 15) is 0 Å². The Morgan fingerprint density at radius 2 is 1.75 bits per heavy atom. The minimum atomic E-state index is -0.282. The van der Waals surface area contributed by atoms with Crippen LogP contribution in [0.15, 0.2) is 29.3 Å². The van der Waals surface area contributed by atoms with Crippen LogP contribution in [0.2, 0.25) is 0 Å². The van der Waals surface area contributed by atoms with Gasteiger partial charge in [-0.25, -0.2) is 0 Å². The smallest absolute Gasteiger partial charge is 0.132 e. The lowest BCUT2D eigenvalue weighted by molar-refractivity contribution is 0.367. The van der Waals surface area contributed by atoms with Gasteiger partial charge in [0.25, 0.3) is 0 Å². The Bertz CT molecular complexity index is 958. The fraction of sp³-hybridized carbons (Fsp3) is 0.435. The van der Waals surface area contributed by atoms with E-state index in [1.54, 1.807) is 23.2 Å². The summed E-state index contributed by atoms with van der Waals surface area (Å²) in [5.74, 6) is 0.763. The molecule has 0 saturated heterocycles. The van der Waals surface area contributed by atoms with Crippen molar-refractivity contribution < 1.29 is 0 Å². The number of hydrogen-bond acceptors (Lipinski definition) is 4. The first-order chi connectivity index (χ1) is 13.0. The molecule has 0 bridgehead atoms. The van der Waals surface area contributed by atoms with Crippen molar-refractivity contribution in [2.45, 2.75) is 60.9 Å². The largest absolute Gasteiger partial charge is 0.288 e. The van der Waals surface area contributed by atoms with Gasteiger partial charge in [-0.1, -0.05) is 50.6 Å². The Labute approximate surface area is 172 Å². The van der Waals surface area contributed by atoms with Crippen molar-refractivity contribution in [2.24, 2.45) is 10.4 Å². The quantitative estimate of drug-likeness (QED) is 0.468. The van der Waals surface area contributed by atoms with E-state index in [4.69, 9.17) is 15.8 Å². The Balaban J connectivity index is 2.30. The Hall–Kier alpha value is -2.27. The predicted molar refractivity (Wildman–Crippen MR) is 122 cm³/mol. The van der Waals surface area contributed by atoms with Crippen molar-refractivity contribution in [2.75, 3.05) is 4.90 Å². The van der Waals surface area contributed by atoms with Crippen molar-refractivity contribution in [1.82, 2.24) is 0 Å². The number of amidine groups is 2. The van der Waals surface area contributed by atoms with Crippen LogP contribution in [0, 0.1) is 37.0 Å². The van der Waals surface area contributed by atoms with Gasteiger partial charge < -0.3 is 0 Å². The van der Waals surface area contributed by atoms with Crippen molar-refractivity contribution in [3.63, 3.8) is 0 Å². The van der Waals surface area contributed by atoms with E-state index < -0.39 is 0 Å². The Morgan fingerprint density at radius 1 is 1.14 bits per heavy atom. The van der Waals surface area contributed by atoms with Crippen LogP contribution in [-0.4, -0.2) is 23.4 Å². The van der Waals surface area contributed by atoms with E-state index in [0.29, 0.717) is 11.7 Å². The molecule has 148 valence electrons. The molecule has 3 rings (SSSR count). The van der Waals surface area contributed by atoms with E-state index in [1.807, 2.05) is 0 Å². The van der Waals surface area contributed by atoms with E-state index in [-0.39, 0.29) is 11.5 Å². The third-order valence-electron chi connectivity index (χ3n) is 5.11. The molecule has 5 heteroatoms. The number of nitrogens with one attached hydrogen (secondary N) is 2. The molecule has 0 spiro atoms. The maximum Gasteiger partial charge on any atom is 0.132 e. The first kappa shape index (κ1) is 20.5. The summed E-state index contributed by atoms with van der Waals surface area (Å²) >= 11 is 1.66. The average Bonchev–Trinajstić information content (AvgIpc) is 2.79. The monoisotopic (exact) mass is 394 g/mol. The molecule has 2 aromatic rings. The van der Waals surface area contributed by atoms with E-state index in [2.05, 4.69) is 65.8 Å². The van der Waals surface area contributed by atoms with Crippen molar-refractivity contribution in [1.29, 1.82) is 10.8 Å². The molecule has 1 aliphatic rings. The molecular weight excluding hydrogens is 364 g/mol. The molecule has 1 aromatic carbocycles. The second kappa shape index (κ2) is 7.28. The Morgan fingerprint density at radius 3 is 2.29 bits per heavy atom. The third kappa shape index (κ3) is 3.81. The molecule has 0 unspecified atom stereocenters. The summed E-state index contributed by atoms with van der Waals surface area (Å²) in [5, 5.41) is 18.3. The minimum absolute atomic E-state index is 0.0309. The normalized spacial score (nSPS) is 17.2. The lowest BCUT2D eigenvalue weighted by Crippen LogP contribution is -2.41. The lowest BCUT2D eigenvalue weighted by atomic mass is 9.87. The van der Waals surface area contributed by atoms with Gasteiger partial charge in [0, 0.05) is 16.0 Å². The summed E-state index contributed by atoms with van der Waals surface area (Å²) in [6.45, 7) is 14.6. The van der Waals surface area contributed by atoms with Gasteiger partial charge in [-0.3, -0.25) is 20.7 Å². The number of nitrogens with zero attached hydrogens (tertiary/aromatic N) is 2. The topological polar surface area (TPSA) is 63.3 Å². The van der Waals surface area contributed by atoms with Crippen LogP contribution >= 0.6 is 11.3 Å². The molecule has 0 saturated carbocycles. The summed E-state index contributed by atoms with van der Waals surface area (Å²) in [6, 6.07) is 8.18. The number of aliphatic imine (C=N–C) groups is 1. The zero-order chi connectivity index (χ0) is 20.8. The van der Waals surface area contributed by atoms with Gasteiger partial charge in [-0.2, -0.15) is 0 Å². The third-order valence-corrected chi connectivity index (χ3v) is 6.31. The first-order valence-corrected chi connectivity index (χ1v) is 10.5. The molecule has 1 aromatic heterocycles. The molecule has 1 aliphatic heterocycles. The summed E-state index contributed by atoms with van der Waals surface area (Å²) in [7, 11) is 0. The SMILES string of the molecule is CC(=N)N1C(=N)[C@H](CC(C)(C)C)N=C(c2ccc(C)cc2)c2c1sc(C)c2C. The standard InChI is InChI=1S/C23H30N4S/c1-13-8-10-17(11-9-13)20-19-14(2)15(3)28-22(19)27(16(4)24)21(25)18(26-20)12-23(5,6)7/h8-11,18,24-25H,12H2,1-7H3/t18-/m0/s1. The van der Waals surface area contributed by atoms with Gasteiger partial charge in [-0.05, 0) is 45.1 Å².